The second-order valence-corrected chi connectivity index (χ2v) is 7.90. The Morgan fingerprint density at radius 3 is 2.66 bits per heavy atom. The summed E-state index contributed by atoms with van der Waals surface area (Å²) < 4.78 is 29.8. The van der Waals surface area contributed by atoms with Gasteiger partial charge in [-0.2, -0.15) is 0 Å². The summed E-state index contributed by atoms with van der Waals surface area (Å²) in [4.78, 5) is 29.0. The number of nitrogens with zero attached hydrogens (tertiary/aromatic N) is 2. The minimum Gasteiger partial charge on any atom is -0.495 e. The van der Waals surface area contributed by atoms with Crippen molar-refractivity contribution in [2.75, 3.05) is 12.4 Å². The van der Waals surface area contributed by atoms with Gasteiger partial charge in [-0.05, 0) is 30.3 Å². The van der Waals surface area contributed by atoms with Crippen LogP contribution < -0.4 is 20.8 Å². The normalized spacial score (nSPS) is 11.4. The zero-order chi connectivity index (χ0) is 21.2. The zero-order valence-corrected chi connectivity index (χ0v) is 16.7. The number of aryl methyl sites for hydroxylation is 1. The van der Waals surface area contributed by atoms with Crippen LogP contribution in [-0.4, -0.2) is 31.0 Å². The van der Waals surface area contributed by atoms with Gasteiger partial charge in [-0.25, -0.2) is 18.5 Å². The van der Waals surface area contributed by atoms with Crippen LogP contribution in [0, 0.1) is 0 Å². The van der Waals surface area contributed by atoms with Gasteiger partial charge in [-0.3, -0.25) is 14.2 Å². The summed E-state index contributed by atoms with van der Waals surface area (Å²) >= 11 is 0. The van der Waals surface area contributed by atoms with Gasteiger partial charge in [0.2, 0.25) is 15.9 Å². The number of sulfonamides is 1. The number of nitrogens with one attached hydrogen (secondary N) is 1. The Morgan fingerprint density at radius 2 is 1.97 bits per heavy atom. The molecule has 0 saturated carbocycles. The van der Waals surface area contributed by atoms with Gasteiger partial charge >= 0.3 is 0 Å². The Balaban J connectivity index is 1.77. The van der Waals surface area contributed by atoms with Crippen molar-refractivity contribution in [3.63, 3.8) is 0 Å². The molecule has 9 nitrogen and oxygen atoms in total. The predicted molar refractivity (Wildman–Crippen MR) is 108 cm³/mol. The van der Waals surface area contributed by atoms with Gasteiger partial charge < -0.3 is 10.1 Å². The van der Waals surface area contributed by atoms with E-state index < -0.39 is 10.0 Å². The van der Waals surface area contributed by atoms with Crippen molar-refractivity contribution in [3.05, 3.63) is 58.6 Å². The average molecular weight is 416 g/mol. The number of aromatic nitrogens is 2. The van der Waals surface area contributed by atoms with Gasteiger partial charge in [0.1, 0.15) is 16.5 Å². The maximum atomic E-state index is 12.4. The minimum atomic E-state index is -4.01. The van der Waals surface area contributed by atoms with Crippen molar-refractivity contribution in [3.8, 4) is 5.75 Å². The van der Waals surface area contributed by atoms with Crippen LogP contribution >= 0.6 is 0 Å². The summed E-state index contributed by atoms with van der Waals surface area (Å²) in [6.45, 7) is 0. The summed E-state index contributed by atoms with van der Waals surface area (Å²) in [6, 6.07) is 11.1. The SMILES string of the molecule is COc1ccc(NC(=O)CCc2nc3ccccc3c(=O)n2C)cc1S(N)(=O)=O. The lowest BCUT2D eigenvalue weighted by Crippen LogP contribution is -2.23. The van der Waals surface area contributed by atoms with Crippen LogP contribution in [0.4, 0.5) is 5.69 Å². The first-order valence-electron chi connectivity index (χ1n) is 8.66. The summed E-state index contributed by atoms with van der Waals surface area (Å²) in [5.74, 6) is 0.197. The van der Waals surface area contributed by atoms with Crippen LogP contribution in [0.15, 0.2) is 52.2 Å². The molecule has 0 aliphatic carbocycles. The molecule has 10 heteroatoms. The van der Waals surface area contributed by atoms with E-state index in [4.69, 9.17) is 9.88 Å². The fraction of sp³-hybridized carbons (Fsp3) is 0.211. The first-order chi connectivity index (χ1) is 13.7. The highest BCUT2D eigenvalue weighted by molar-refractivity contribution is 7.89. The molecule has 0 saturated heterocycles. The van der Waals surface area contributed by atoms with Crippen LogP contribution in [0.25, 0.3) is 10.9 Å². The highest BCUT2D eigenvalue weighted by atomic mass is 32.2. The van der Waals surface area contributed by atoms with Crippen molar-refractivity contribution < 1.29 is 17.9 Å². The largest absolute Gasteiger partial charge is 0.495 e. The van der Waals surface area contributed by atoms with Crippen molar-refractivity contribution in [1.29, 1.82) is 0 Å². The summed E-state index contributed by atoms with van der Waals surface area (Å²) in [7, 11) is -1.08. The van der Waals surface area contributed by atoms with Gasteiger partial charge in [0.05, 0.1) is 18.0 Å². The number of hydrogen-bond donors (Lipinski definition) is 2. The Hall–Kier alpha value is -3.24. The number of ether oxygens (including phenoxy) is 1. The number of benzene rings is 2. The van der Waals surface area contributed by atoms with E-state index >= 15 is 0 Å². The first-order valence-corrected chi connectivity index (χ1v) is 10.2. The van der Waals surface area contributed by atoms with Gasteiger partial charge in [-0.1, -0.05) is 12.1 Å². The number of fused-ring (bicyclic) bond motifs is 1. The van der Waals surface area contributed by atoms with Crippen molar-refractivity contribution in [2.24, 2.45) is 12.2 Å². The molecule has 3 N–H and O–H groups in total. The number of hydrogen-bond acceptors (Lipinski definition) is 6. The number of rotatable bonds is 6. The van der Waals surface area contributed by atoms with Gasteiger partial charge in [-0.15, -0.1) is 0 Å². The van der Waals surface area contributed by atoms with Gasteiger partial charge in [0.25, 0.3) is 5.56 Å². The number of amides is 1. The smallest absolute Gasteiger partial charge is 0.261 e. The summed E-state index contributed by atoms with van der Waals surface area (Å²) in [5, 5.41) is 8.31. The van der Waals surface area contributed by atoms with Crippen LogP contribution in [-0.2, 0) is 28.3 Å². The topological polar surface area (TPSA) is 133 Å². The molecule has 0 atom stereocenters. The summed E-state index contributed by atoms with van der Waals surface area (Å²) in [5.41, 5.74) is 0.651. The molecular weight excluding hydrogens is 396 g/mol. The first kappa shape index (κ1) is 20.5. The van der Waals surface area contributed by atoms with Crippen LogP contribution in [0.3, 0.4) is 0 Å². The Kier molecular flexibility index (Phi) is 5.66. The second kappa shape index (κ2) is 8.02. The predicted octanol–water partition coefficient (Wildman–Crippen LogP) is 1.16. The van der Waals surface area contributed by atoms with E-state index in [1.165, 1.54) is 29.9 Å². The molecule has 0 bridgehead atoms. The number of anilines is 1. The molecule has 1 amide bonds. The number of carbonyl (C=O) groups is 1. The van der Waals surface area contributed by atoms with Crippen molar-refractivity contribution in [1.82, 2.24) is 9.55 Å². The molecule has 0 aliphatic rings. The molecule has 3 aromatic rings. The Labute approximate surface area is 167 Å². The zero-order valence-electron chi connectivity index (χ0n) is 15.9. The lowest BCUT2D eigenvalue weighted by molar-refractivity contribution is -0.116. The Morgan fingerprint density at radius 1 is 1.24 bits per heavy atom. The molecule has 0 fully saturated rings. The fourth-order valence-electron chi connectivity index (χ4n) is 2.91. The second-order valence-electron chi connectivity index (χ2n) is 6.37. The lowest BCUT2D eigenvalue weighted by Gasteiger charge is -2.11. The maximum Gasteiger partial charge on any atom is 0.261 e. The van der Waals surface area contributed by atoms with E-state index in [0.717, 1.165) is 0 Å². The van der Waals surface area contributed by atoms with Crippen LogP contribution in [0.5, 0.6) is 5.75 Å². The number of nitrogens with two attached hydrogens (primary N) is 1. The van der Waals surface area contributed by atoms with Crippen LogP contribution in [0.2, 0.25) is 0 Å². The van der Waals surface area contributed by atoms with Gasteiger partial charge in [0, 0.05) is 25.6 Å². The standard InChI is InChI=1S/C19H20N4O5S/c1-23-17(22-14-6-4-3-5-13(14)19(23)25)9-10-18(24)21-12-7-8-15(28-2)16(11-12)29(20,26)27/h3-8,11H,9-10H2,1-2H3,(H,21,24)(H2,20,26,27). The number of primary sulfonamides is 1. The molecule has 1 heterocycles. The highest BCUT2D eigenvalue weighted by Crippen LogP contribution is 2.26. The van der Waals surface area contributed by atoms with E-state index in [-0.39, 0.29) is 40.6 Å². The molecule has 2 aromatic carbocycles. The van der Waals surface area contributed by atoms with Crippen LogP contribution in [0.1, 0.15) is 12.2 Å². The van der Waals surface area contributed by atoms with E-state index in [9.17, 15) is 18.0 Å². The molecule has 0 unspecified atom stereocenters. The van der Waals surface area contributed by atoms with Crippen molar-refractivity contribution in [2.45, 2.75) is 17.7 Å². The number of para-hydroxylation sites is 1. The molecular formula is C19H20N4O5S. The van der Waals surface area contributed by atoms with E-state index in [1.54, 1.807) is 31.3 Å². The minimum absolute atomic E-state index is 0.0510. The molecule has 1 aromatic heterocycles. The molecule has 29 heavy (non-hydrogen) atoms. The fourth-order valence-corrected chi connectivity index (χ4v) is 3.64. The molecule has 0 aliphatic heterocycles. The maximum absolute atomic E-state index is 12.4. The molecule has 3 rings (SSSR count). The van der Waals surface area contributed by atoms with E-state index in [2.05, 4.69) is 10.3 Å². The van der Waals surface area contributed by atoms with Crippen molar-refractivity contribution >= 4 is 32.5 Å². The molecule has 0 spiro atoms. The lowest BCUT2D eigenvalue weighted by atomic mass is 10.2. The average Bonchev–Trinajstić information content (AvgIpc) is 2.69. The summed E-state index contributed by atoms with van der Waals surface area (Å²) in [6.07, 6.45) is 0.288. The third-order valence-electron chi connectivity index (χ3n) is 4.41. The van der Waals surface area contributed by atoms with E-state index in [1.807, 2.05) is 0 Å². The third kappa shape index (κ3) is 4.44. The highest BCUT2D eigenvalue weighted by Gasteiger charge is 2.17. The third-order valence-corrected chi connectivity index (χ3v) is 5.34. The van der Waals surface area contributed by atoms with Gasteiger partial charge in [0.15, 0.2) is 0 Å². The monoisotopic (exact) mass is 416 g/mol. The Bertz CT molecular complexity index is 1250. The molecule has 0 radical (unpaired) electrons. The molecule has 152 valence electrons. The quantitative estimate of drug-likeness (QED) is 0.619. The number of carbonyl (C=O) groups excluding carboxylic acids is 1. The van der Waals surface area contributed by atoms with E-state index in [0.29, 0.717) is 16.7 Å². The number of methoxy groups -OCH3 is 1.